The van der Waals surface area contributed by atoms with Gasteiger partial charge in [0.1, 0.15) is 5.54 Å². The summed E-state index contributed by atoms with van der Waals surface area (Å²) in [5.41, 5.74) is 0.209. The van der Waals surface area contributed by atoms with Crippen LogP contribution in [0.15, 0.2) is 24.0 Å². The number of nitrogens with zero attached hydrogens (tertiary/aromatic N) is 1. The predicted molar refractivity (Wildman–Crippen MR) is 94.4 cm³/mol. The average Bonchev–Trinajstić information content (AvgIpc) is 3.11. The van der Waals surface area contributed by atoms with E-state index in [0.29, 0.717) is 30.1 Å². The monoisotopic (exact) mass is 373 g/mol. The highest BCUT2D eigenvalue weighted by Gasteiger charge is 2.81. The summed E-state index contributed by atoms with van der Waals surface area (Å²) in [5, 5.41) is 11.8. The molecule has 2 saturated heterocycles. The van der Waals surface area contributed by atoms with Crippen LogP contribution in [0.1, 0.15) is 36.5 Å². The standard InChI is InChI=1S/C20H23NO6/c1-21-15(22)10-18-8-7-14(25-3)20(23)19(18,21)9-13(27-20)11-5-6-12(24-2)17(26-4)16(11)18/h5-7,13,23H,8-10H2,1-4H3. The number of aliphatic hydroxyl groups is 1. The van der Waals surface area contributed by atoms with E-state index in [0.717, 1.165) is 11.1 Å². The van der Waals surface area contributed by atoms with E-state index >= 15 is 0 Å². The lowest BCUT2D eigenvalue weighted by Gasteiger charge is -2.55. The quantitative estimate of drug-likeness (QED) is 0.868. The molecule has 1 N–H and O–H groups in total. The zero-order valence-electron chi connectivity index (χ0n) is 15.9. The minimum Gasteiger partial charge on any atom is -0.496 e. The molecular formula is C20H23NO6. The van der Waals surface area contributed by atoms with Gasteiger partial charge in [-0.05, 0) is 24.1 Å². The summed E-state index contributed by atoms with van der Waals surface area (Å²) in [7, 11) is 6.46. The van der Waals surface area contributed by atoms with Crippen LogP contribution in [-0.2, 0) is 19.7 Å². The number of likely N-dealkylation sites (N-methyl/N-ethyl adjacent to an activating group) is 1. The van der Waals surface area contributed by atoms with Crippen molar-refractivity contribution in [1.82, 2.24) is 4.90 Å². The number of fused-ring (bicyclic) bond motifs is 3. The molecule has 1 spiro atoms. The van der Waals surface area contributed by atoms with Gasteiger partial charge in [-0.1, -0.05) is 6.07 Å². The number of methoxy groups -OCH3 is 3. The Kier molecular flexibility index (Phi) is 3.11. The van der Waals surface area contributed by atoms with Crippen molar-refractivity contribution in [2.45, 2.75) is 42.1 Å². The molecule has 4 atom stereocenters. The van der Waals surface area contributed by atoms with Gasteiger partial charge in [0, 0.05) is 30.9 Å². The van der Waals surface area contributed by atoms with E-state index in [1.807, 2.05) is 18.2 Å². The molecule has 4 unspecified atom stereocenters. The van der Waals surface area contributed by atoms with Gasteiger partial charge in [-0.3, -0.25) is 4.79 Å². The maximum absolute atomic E-state index is 13.0. The smallest absolute Gasteiger partial charge is 0.250 e. The molecular weight excluding hydrogens is 350 g/mol. The van der Waals surface area contributed by atoms with Crippen molar-refractivity contribution in [3.63, 3.8) is 0 Å². The van der Waals surface area contributed by atoms with Gasteiger partial charge in [0.05, 0.1) is 27.4 Å². The molecule has 2 bridgehead atoms. The molecule has 5 rings (SSSR count). The van der Waals surface area contributed by atoms with E-state index in [9.17, 15) is 9.90 Å². The second-order valence-electron chi connectivity index (χ2n) is 7.77. The Bertz CT molecular complexity index is 897. The molecule has 0 aromatic heterocycles. The summed E-state index contributed by atoms with van der Waals surface area (Å²) in [5.74, 6) is -0.159. The predicted octanol–water partition coefficient (Wildman–Crippen LogP) is 1.64. The summed E-state index contributed by atoms with van der Waals surface area (Å²) in [6.45, 7) is 0. The van der Waals surface area contributed by atoms with E-state index < -0.39 is 16.7 Å². The van der Waals surface area contributed by atoms with Crippen molar-refractivity contribution < 1.29 is 28.8 Å². The molecule has 2 heterocycles. The largest absolute Gasteiger partial charge is 0.496 e. The number of hydrogen-bond donors (Lipinski definition) is 1. The first-order chi connectivity index (χ1) is 12.9. The molecule has 0 radical (unpaired) electrons. The third-order valence-corrected chi connectivity index (χ3v) is 7.14. The Morgan fingerprint density at radius 3 is 2.67 bits per heavy atom. The topological polar surface area (TPSA) is 77.5 Å². The highest BCUT2D eigenvalue weighted by atomic mass is 16.7. The molecule has 7 nitrogen and oxygen atoms in total. The minimum atomic E-state index is -1.71. The van der Waals surface area contributed by atoms with Gasteiger partial charge in [0.15, 0.2) is 17.3 Å². The summed E-state index contributed by atoms with van der Waals surface area (Å²) < 4.78 is 23.0. The number of likely N-dealkylation sites (tertiary alicyclic amines) is 1. The molecule has 4 aliphatic rings. The highest BCUT2D eigenvalue weighted by Crippen LogP contribution is 2.72. The van der Waals surface area contributed by atoms with Gasteiger partial charge in [-0.2, -0.15) is 0 Å². The van der Waals surface area contributed by atoms with Crippen LogP contribution < -0.4 is 9.47 Å². The number of hydrogen-bond acceptors (Lipinski definition) is 6. The normalized spacial score (nSPS) is 38.3. The number of carbonyl (C=O) groups is 1. The number of rotatable bonds is 3. The van der Waals surface area contributed by atoms with Crippen LogP contribution in [-0.4, -0.2) is 55.6 Å². The fourth-order valence-corrected chi connectivity index (χ4v) is 6.10. The Morgan fingerprint density at radius 1 is 1.22 bits per heavy atom. The average molecular weight is 373 g/mol. The molecule has 1 amide bonds. The van der Waals surface area contributed by atoms with Crippen molar-refractivity contribution in [2.24, 2.45) is 0 Å². The van der Waals surface area contributed by atoms with E-state index in [4.69, 9.17) is 18.9 Å². The van der Waals surface area contributed by atoms with Gasteiger partial charge >= 0.3 is 0 Å². The van der Waals surface area contributed by atoms with Crippen molar-refractivity contribution in [1.29, 1.82) is 0 Å². The van der Waals surface area contributed by atoms with Crippen molar-refractivity contribution in [3.05, 3.63) is 35.1 Å². The second-order valence-corrected chi connectivity index (χ2v) is 7.77. The lowest BCUT2D eigenvalue weighted by atomic mass is 9.53. The Labute approximate surface area is 157 Å². The Balaban J connectivity index is 1.91. The van der Waals surface area contributed by atoms with Crippen molar-refractivity contribution in [2.75, 3.05) is 28.4 Å². The fraction of sp³-hybridized carbons (Fsp3) is 0.550. The summed E-state index contributed by atoms with van der Waals surface area (Å²) >= 11 is 0. The molecule has 1 aromatic carbocycles. The van der Waals surface area contributed by atoms with Gasteiger partial charge in [-0.25, -0.2) is 0 Å². The number of benzene rings is 1. The van der Waals surface area contributed by atoms with E-state index in [1.54, 1.807) is 26.2 Å². The van der Waals surface area contributed by atoms with Gasteiger partial charge in [0.2, 0.25) is 5.91 Å². The lowest BCUT2D eigenvalue weighted by Crippen LogP contribution is -2.69. The SMILES string of the molecule is COC1=CCC23CC(=O)N(C)C24CC(OC14O)c1ccc(OC)c(OC)c13. The van der Waals surface area contributed by atoms with Gasteiger partial charge < -0.3 is 29.0 Å². The molecule has 1 aromatic rings. The van der Waals surface area contributed by atoms with Gasteiger partial charge in [0.25, 0.3) is 5.79 Å². The highest BCUT2D eigenvalue weighted by molar-refractivity contribution is 5.86. The zero-order chi connectivity index (χ0) is 19.2. The number of amides is 1. The van der Waals surface area contributed by atoms with Crippen LogP contribution in [0.5, 0.6) is 11.5 Å². The number of ether oxygens (including phenoxy) is 4. The maximum Gasteiger partial charge on any atom is 0.250 e. The number of carbonyl (C=O) groups excluding carboxylic acids is 1. The Morgan fingerprint density at radius 2 is 2.00 bits per heavy atom. The van der Waals surface area contributed by atoms with E-state index in [2.05, 4.69) is 0 Å². The van der Waals surface area contributed by atoms with Crippen molar-refractivity contribution >= 4 is 5.91 Å². The minimum absolute atomic E-state index is 0.0267. The molecule has 144 valence electrons. The first-order valence-electron chi connectivity index (χ1n) is 9.07. The van der Waals surface area contributed by atoms with Gasteiger partial charge in [-0.15, -0.1) is 0 Å². The summed E-state index contributed by atoms with van der Waals surface area (Å²) in [6, 6.07) is 3.81. The number of allylic oxidation sites excluding steroid dienone is 1. The second kappa shape index (κ2) is 4.97. The first kappa shape index (κ1) is 16.9. The van der Waals surface area contributed by atoms with E-state index in [-0.39, 0.29) is 18.4 Å². The molecule has 2 aliphatic heterocycles. The third-order valence-electron chi connectivity index (χ3n) is 7.14. The Hall–Kier alpha value is -2.25. The van der Waals surface area contributed by atoms with Crippen LogP contribution in [0.3, 0.4) is 0 Å². The van der Waals surface area contributed by atoms with Crippen LogP contribution >= 0.6 is 0 Å². The lowest BCUT2D eigenvalue weighted by molar-refractivity contribution is -0.242. The van der Waals surface area contributed by atoms with Crippen LogP contribution in [0.4, 0.5) is 0 Å². The van der Waals surface area contributed by atoms with Crippen molar-refractivity contribution in [3.8, 4) is 11.5 Å². The third kappa shape index (κ3) is 1.53. The van der Waals surface area contributed by atoms with Crippen LogP contribution in [0.2, 0.25) is 0 Å². The zero-order valence-corrected chi connectivity index (χ0v) is 15.9. The van der Waals surface area contributed by atoms with Crippen LogP contribution in [0.25, 0.3) is 0 Å². The first-order valence-corrected chi connectivity index (χ1v) is 9.07. The van der Waals surface area contributed by atoms with E-state index in [1.165, 1.54) is 7.11 Å². The molecule has 0 saturated carbocycles. The molecule has 2 aliphatic carbocycles. The molecule has 2 fully saturated rings. The summed E-state index contributed by atoms with van der Waals surface area (Å²) in [4.78, 5) is 14.7. The molecule has 27 heavy (non-hydrogen) atoms. The maximum atomic E-state index is 13.0. The summed E-state index contributed by atoms with van der Waals surface area (Å²) in [6.07, 6.45) is 2.80. The van der Waals surface area contributed by atoms with Crippen LogP contribution in [0, 0.1) is 0 Å². The fourth-order valence-electron chi connectivity index (χ4n) is 6.10. The molecule has 7 heteroatoms.